The highest BCUT2D eigenvalue weighted by atomic mass is 79.9. The van der Waals surface area contributed by atoms with Gasteiger partial charge in [0.25, 0.3) is 0 Å². The zero-order valence-electron chi connectivity index (χ0n) is 16.0. The number of nitrogens with one attached hydrogen (secondary N) is 2. The van der Waals surface area contributed by atoms with E-state index in [4.69, 9.17) is 0 Å². The molecular formula is C20H23BrN4O3. The van der Waals surface area contributed by atoms with Crippen molar-refractivity contribution in [3.8, 4) is 11.3 Å². The minimum atomic E-state index is -0.671. The van der Waals surface area contributed by atoms with E-state index in [1.165, 1.54) is 7.11 Å². The number of nitrogens with zero attached hydrogens (tertiary/aromatic N) is 2. The Hall–Kier alpha value is -2.61. The van der Waals surface area contributed by atoms with Crippen molar-refractivity contribution < 1.29 is 14.3 Å². The lowest BCUT2D eigenvalue weighted by molar-refractivity contribution is -0.135. The molecule has 1 aromatic heterocycles. The zero-order chi connectivity index (χ0) is 20.3. The molecular weight excluding hydrogens is 424 g/mol. The molecule has 0 unspecified atom stereocenters. The molecule has 148 valence electrons. The summed E-state index contributed by atoms with van der Waals surface area (Å²) in [7, 11) is 1.28. The van der Waals surface area contributed by atoms with Crippen LogP contribution in [0.4, 0.5) is 4.79 Å². The number of alkyl carbamates (subject to hydrolysis) is 1. The maximum Gasteiger partial charge on any atom is 0.407 e. The fraction of sp³-hybridized carbons (Fsp3) is 0.350. The van der Waals surface area contributed by atoms with Crippen LogP contribution in [0.2, 0.25) is 0 Å². The molecule has 0 aliphatic carbocycles. The predicted octanol–water partition coefficient (Wildman–Crippen LogP) is 3.66. The molecule has 2 aromatic rings. The number of ether oxygens (including phenoxy) is 1. The number of benzene rings is 1. The van der Waals surface area contributed by atoms with E-state index >= 15 is 0 Å². The largest absolute Gasteiger partial charge is 0.453 e. The Balaban J connectivity index is 1.80. The number of carbonyl (C=O) groups is 2. The topological polar surface area (TPSA) is 87.3 Å². The number of imidazole rings is 1. The van der Waals surface area contributed by atoms with Crippen molar-refractivity contribution in [1.29, 1.82) is 0 Å². The lowest BCUT2D eigenvalue weighted by Gasteiger charge is -2.29. The van der Waals surface area contributed by atoms with Gasteiger partial charge in [-0.3, -0.25) is 4.79 Å². The first kappa shape index (κ1) is 20.1. The molecule has 0 saturated carbocycles. The Kier molecular flexibility index (Phi) is 6.18. The van der Waals surface area contributed by atoms with E-state index in [9.17, 15) is 9.59 Å². The lowest BCUT2D eigenvalue weighted by atomic mass is 10.0. The summed E-state index contributed by atoms with van der Waals surface area (Å²) in [4.78, 5) is 34.2. The predicted molar refractivity (Wildman–Crippen MR) is 109 cm³/mol. The van der Waals surface area contributed by atoms with Crippen LogP contribution < -0.4 is 5.32 Å². The van der Waals surface area contributed by atoms with E-state index in [2.05, 4.69) is 36.0 Å². The van der Waals surface area contributed by atoms with E-state index in [-0.39, 0.29) is 17.9 Å². The Morgan fingerprint density at radius 2 is 2.04 bits per heavy atom. The molecule has 2 N–H and O–H groups in total. The molecule has 1 aromatic carbocycles. The van der Waals surface area contributed by atoms with E-state index < -0.39 is 12.1 Å². The molecule has 0 radical (unpaired) electrons. The van der Waals surface area contributed by atoms with Crippen LogP contribution in [0.25, 0.3) is 11.3 Å². The van der Waals surface area contributed by atoms with Gasteiger partial charge in [0.15, 0.2) is 0 Å². The van der Waals surface area contributed by atoms with Gasteiger partial charge in [0.1, 0.15) is 17.9 Å². The molecule has 0 spiro atoms. The van der Waals surface area contributed by atoms with Gasteiger partial charge in [-0.25, -0.2) is 9.78 Å². The summed E-state index contributed by atoms with van der Waals surface area (Å²) in [6.45, 7) is 4.23. The number of rotatable bonds is 5. The lowest BCUT2D eigenvalue weighted by Crippen LogP contribution is -2.51. The van der Waals surface area contributed by atoms with Gasteiger partial charge in [0.2, 0.25) is 5.91 Å². The van der Waals surface area contributed by atoms with E-state index in [1.54, 1.807) is 11.1 Å². The van der Waals surface area contributed by atoms with Gasteiger partial charge in [0, 0.05) is 11.0 Å². The number of aromatic amines is 1. The summed E-state index contributed by atoms with van der Waals surface area (Å²) in [6, 6.07) is 6.93. The molecule has 2 atom stereocenters. The number of aromatic nitrogens is 2. The maximum atomic E-state index is 13.1. The van der Waals surface area contributed by atoms with Gasteiger partial charge in [-0.15, -0.1) is 0 Å². The molecule has 1 aliphatic heterocycles. The summed E-state index contributed by atoms with van der Waals surface area (Å²) in [5, 5.41) is 2.64. The van der Waals surface area contributed by atoms with Gasteiger partial charge in [-0.1, -0.05) is 54.1 Å². The number of carbonyl (C=O) groups excluding carboxylic acids is 2. The third-order valence-electron chi connectivity index (χ3n) is 4.66. The second-order valence-corrected chi connectivity index (χ2v) is 7.83. The Labute approximate surface area is 172 Å². The summed E-state index contributed by atoms with van der Waals surface area (Å²) in [6.07, 6.45) is 5.02. The Morgan fingerprint density at radius 3 is 2.68 bits per heavy atom. The molecule has 28 heavy (non-hydrogen) atoms. The number of amides is 2. The van der Waals surface area contributed by atoms with Gasteiger partial charge in [-0.05, 0) is 23.6 Å². The number of hydrogen-bond acceptors (Lipinski definition) is 4. The number of H-pyrrole nitrogens is 1. The highest BCUT2D eigenvalue weighted by molar-refractivity contribution is 9.10. The smallest absolute Gasteiger partial charge is 0.407 e. The quantitative estimate of drug-likeness (QED) is 0.685. The van der Waals surface area contributed by atoms with Crippen LogP contribution in [0.3, 0.4) is 0 Å². The molecule has 0 saturated heterocycles. The molecule has 0 bridgehead atoms. The third-order valence-corrected chi connectivity index (χ3v) is 5.19. The molecule has 2 heterocycles. The molecule has 8 heteroatoms. The minimum Gasteiger partial charge on any atom is -0.453 e. The normalized spacial score (nSPS) is 17.0. The van der Waals surface area contributed by atoms with Crippen LogP contribution >= 0.6 is 15.9 Å². The zero-order valence-corrected chi connectivity index (χ0v) is 17.6. The van der Waals surface area contributed by atoms with E-state index in [1.807, 2.05) is 50.3 Å². The standard InChI is InChI=1S/C20H23BrN4O3/c1-12(2)17(24-20(27)28-3)19(26)25-10-4-5-16(25)18-22-11-15(23-18)13-6-8-14(21)9-7-13/h4-9,11-12,16-17H,10H2,1-3H3,(H,22,23)(H,24,27)/t16-,17-/m0/s1. The van der Waals surface area contributed by atoms with Crippen molar-refractivity contribution in [1.82, 2.24) is 20.2 Å². The maximum absolute atomic E-state index is 13.1. The molecule has 2 amide bonds. The number of hydrogen-bond donors (Lipinski definition) is 2. The van der Waals surface area contributed by atoms with Crippen molar-refractivity contribution in [2.75, 3.05) is 13.7 Å². The third kappa shape index (κ3) is 4.27. The van der Waals surface area contributed by atoms with Crippen LogP contribution in [-0.2, 0) is 9.53 Å². The van der Waals surface area contributed by atoms with Crippen molar-refractivity contribution >= 4 is 27.9 Å². The second-order valence-electron chi connectivity index (χ2n) is 6.91. The molecule has 1 aliphatic rings. The first-order valence-corrected chi connectivity index (χ1v) is 9.82. The monoisotopic (exact) mass is 446 g/mol. The fourth-order valence-electron chi connectivity index (χ4n) is 3.13. The van der Waals surface area contributed by atoms with Crippen molar-refractivity contribution in [3.63, 3.8) is 0 Å². The van der Waals surface area contributed by atoms with Gasteiger partial charge in [-0.2, -0.15) is 0 Å². The fourth-order valence-corrected chi connectivity index (χ4v) is 3.39. The van der Waals surface area contributed by atoms with Crippen LogP contribution in [0, 0.1) is 5.92 Å². The highest BCUT2D eigenvalue weighted by Gasteiger charge is 2.35. The van der Waals surface area contributed by atoms with Crippen LogP contribution in [0.1, 0.15) is 25.7 Å². The molecule has 3 rings (SSSR count). The summed E-state index contributed by atoms with van der Waals surface area (Å²) in [5.74, 6) is 0.431. The van der Waals surface area contributed by atoms with Crippen LogP contribution in [0.5, 0.6) is 0 Å². The molecule has 7 nitrogen and oxygen atoms in total. The van der Waals surface area contributed by atoms with E-state index in [0.717, 1.165) is 15.7 Å². The van der Waals surface area contributed by atoms with E-state index in [0.29, 0.717) is 12.4 Å². The first-order valence-electron chi connectivity index (χ1n) is 9.03. The van der Waals surface area contributed by atoms with Gasteiger partial charge in [0.05, 0.1) is 19.0 Å². The van der Waals surface area contributed by atoms with Gasteiger partial charge >= 0.3 is 6.09 Å². The Morgan fingerprint density at radius 1 is 1.32 bits per heavy atom. The highest BCUT2D eigenvalue weighted by Crippen LogP contribution is 2.28. The summed E-state index contributed by atoms with van der Waals surface area (Å²) in [5.41, 5.74) is 1.89. The second kappa shape index (κ2) is 8.60. The Bertz CT molecular complexity index is 876. The van der Waals surface area contributed by atoms with Crippen molar-refractivity contribution in [2.24, 2.45) is 5.92 Å². The van der Waals surface area contributed by atoms with Crippen LogP contribution in [-0.4, -0.2) is 46.6 Å². The first-order chi connectivity index (χ1) is 13.4. The number of halogens is 1. The molecule has 0 fully saturated rings. The number of methoxy groups -OCH3 is 1. The SMILES string of the molecule is COC(=O)N[C@H](C(=O)N1CC=C[C@H]1c1ncc(-c2ccc(Br)cc2)[nH]1)C(C)C. The average Bonchev–Trinajstić information content (AvgIpc) is 3.34. The van der Waals surface area contributed by atoms with Crippen molar-refractivity contribution in [2.45, 2.75) is 25.9 Å². The minimum absolute atomic E-state index is 0.0808. The summed E-state index contributed by atoms with van der Waals surface area (Å²) < 4.78 is 5.66. The van der Waals surface area contributed by atoms with Gasteiger partial charge < -0.3 is 19.9 Å². The van der Waals surface area contributed by atoms with Crippen LogP contribution in [0.15, 0.2) is 47.1 Å². The average molecular weight is 447 g/mol. The van der Waals surface area contributed by atoms with Crippen molar-refractivity contribution in [3.05, 3.63) is 52.9 Å². The summed E-state index contributed by atoms with van der Waals surface area (Å²) >= 11 is 3.43.